The van der Waals surface area contributed by atoms with Crippen molar-refractivity contribution in [3.05, 3.63) is 75.3 Å². The average Bonchev–Trinajstić information content (AvgIpc) is 2.46. The van der Waals surface area contributed by atoms with E-state index in [1.54, 1.807) is 0 Å². The molecule has 102 valence electrons. The lowest BCUT2D eigenvalue weighted by atomic mass is 10.0. The third kappa shape index (κ3) is 2.81. The zero-order valence-electron chi connectivity index (χ0n) is 10.3. The minimum Gasteiger partial charge on any atom is -0.478 e. The van der Waals surface area contributed by atoms with E-state index in [2.05, 4.69) is 0 Å². The number of rotatable bonds is 4. The number of aliphatic hydroxyl groups excluding tert-OH is 1. The van der Waals surface area contributed by atoms with Crippen LogP contribution in [0.3, 0.4) is 0 Å². The first-order valence-electron chi connectivity index (χ1n) is 5.74. The van der Waals surface area contributed by atoms with Gasteiger partial charge in [-0.1, -0.05) is 12.1 Å². The molecule has 2 rings (SSSR count). The second-order valence-corrected chi connectivity index (χ2v) is 4.18. The number of carboxylic acids is 1. The van der Waals surface area contributed by atoms with Crippen molar-refractivity contribution in [2.24, 2.45) is 0 Å². The SMILES string of the molecule is O=C(O)c1ccc(C(O)c2ccc([N+](=O)[O-])cc2)cc1. The second-order valence-electron chi connectivity index (χ2n) is 4.18. The van der Waals surface area contributed by atoms with Gasteiger partial charge in [0.1, 0.15) is 6.10 Å². The van der Waals surface area contributed by atoms with Crippen LogP contribution >= 0.6 is 0 Å². The number of hydrogen-bond acceptors (Lipinski definition) is 4. The lowest BCUT2D eigenvalue weighted by Gasteiger charge is -2.11. The summed E-state index contributed by atoms with van der Waals surface area (Å²) in [6.07, 6.45) is -0.960. The zero-order chi connectivity index (χ0) is 14.7. The number of benzene rings is 2. The number of carboxylic acid groups (broad SMARTS) is 1. The van der Waals surface area contributed by atoms with Gasteiger partial charge in [-0.05, 0) is 35.4 Å². The third-order valence-electron chi connectivity index (χ3n) is 2.89. The second kappa shape index (κ2) is 5.50. The molecule has 2 aromatic carbocycles. The minimum absolute atomic E-state index is 0.0535. The predicted molar refractivity (Wildman–Crippen MR) is 70.6 cm³/mol. The van der Waals surface area contributed by atoms with Gasteiger partial charge in [-0.3, -0.25) is 10.1 Å². The molecule has 2 N–H and O–H groups in total. The molecular formula is C14H11NO5. The Balaban J connectivity index is 2.24. The lowest BCUT2D eigenvalue weighted by molar-refractivity contribution is -0.384. The summed E-state index contributed by atoms with van der Waals surface area (Å²) in [6, 6.07) is 11.4. The Bertz CT molecular complexity index is 576. The van der Waals surface area contributed by atoms with Crippen LogP contribution in [-0.2, 0) is 0 Å². The van der Waals surface area contributed by atoms with E-state index in [9.17, 15) is 20.0 Å². The number of carbonyl (C=O) groups is 1. The van der Waals surface area contributed by atoms with Crippen molar-refractivity contribution in [2.45, 2.75) is 6.10 Å². The molecule has 6 nitrogen and oxygen atoms in total. The summed E-state index contributed by atoms with van der Waals surface area (Å²) < 4.78 is 0. The normalized spacial score (nSPS) is 11.8. The Labute approximate surface area is 114 Å². The number of hydrogen-bond donors (Lipinski definition) is 2. The van der Waals surface area contributed by atoms with Crippen LogP contribution in [0.5, 0.6) is 0 Å². The number of aliphatic hydroxyl groups is 1. The molecule has 0 bridgehead atoms. The molecule has 20 heavy (non-hydrogen) atoms. The highest BCUT2D eigenvalue weighted by Crippen LogP contribution is 2.24. The van der Waals surface area contributed by atoms with Gasteiger partial charge in [0.15, 0.2) is 0 Å². The molecule has 0 saturated carbocycles. The highest BCUT2D eigenvalue weighted by Gasteiger charge is 2.13. The van der Waals surface area contributed by atoms with Crippen LogP contribution in [0.4, 0.5) is 5.69 Å². The van der Waals surface area contributed by atoms with E-state index in [1.165, 1.54) is 48.5 Å². The van der Waals surface area contributed by atoms with Crippen molar-refractivity contribution < 1.29 is 19.9 Å². The number of non-ortho nitro benzene ring substituents is 1. The fraction of sp³-hybridized carbons (Fsp3) is 0.0714. The first kappa shape index (κ1) is 13.7. The molecule has 0 spiro atoms. The molecule has 0 aliphatic rings. The van der Waals surface area contributed by atoms with Gasteiger partial charge in [0, 0.05) is 12.1 Å². The number of nitrogens with zero attached hydrogens (tertiary/aromatic N) is 1. The van der Waals surface area contributed by atoms with Crippen LogP contribution in [0.25, 0.3) is 0 Å². The van der Waals surface area contributed by atoms with Crippen molar-refractivity contribution in [1.29, 1.82) is 0 Å². The van der Waals surface area contributed by atoms with Gasteiger partial charge in [0.05, 0.1) is 10.5 Å². The predicted octanol–water partition coefficient (Wildman–Crippen LogP) is 2.37. The van der Waals surface area contributed by atoms with Crippen LogP contribution < -0.4 is 0 Å². The van der Waals surface area contributed by atoms with Crippen molar-refractivity contribution in [3.63, 3.8) is 0 Å². The molecule has 0 heterocycles. The van der Waals surface area contributed by atoms with Gasteiger partial charge in [-0.15, -0.1) is 0 Å². The van der Waals surface area contributed by atoms with E-state index < -0.39 is 17.0 Å². The minimum atomic E-state index is -1.04. The zero-order valence-corrected chi connectivity index (χ0v) is 10.3. The summed E-state index contributed by atoms with van der Waals surface area (Å²) in [5.41, 5.74) is 1.09. The number of aromatic carboxylic acids is 1. The van der Waals surface area contributed by atoms with Crippen LogP contribution in [0.1, 0.15) is 27.6 Å². The Hall–Kier alpha value is -2.73. The fourth-order valence-electron chi connectivity index (χ4n) is 1.78. The summed E-state index contributed by atoms with van der Waals surface area (Å²) in [4.78, 5) is 20.8. The van der Waals surface area contributed by atoms with Gasteiger partial charge >= 0.3 is 5.97 Å². The standard InChI is InChI=1S/C14H11NO5/c16-13(9-1-3-11(4-2-9)14(17)18)10-5-7-12(8-6-10)15(19)20/h1-8,13,16H,(H,17,18). The van der Waals surface area contributed by atoms with Crippen molar-refractivity contribution in [2.75, 3.05) is 0 Å². The molecule has 6 heteroatoms. The van der Waals surface area contributed by atoms with Crippen molar-refractivity contribution in [3.8, 4) is 0 Å². The largest absolute Gasteiger partial charge is 0.478 e. The fourth-order valence-corrected chi connectivity index (χ4v) is 1.78. The number of nitro benzene ring substituents is 1. The summed E-state index contributed by atoms with van der Waals surface area (Å²) in [5, 5.41) is 29.5. The number of nitro groups is 1. The van der Waals surface area contributed by atoms with Crippen LogP contribution in [0, 0.1) is 10.1 Å². The molecule has 1 unspecified atom stereocenters. The highest BCUT2D eigenvalue weighted by molar-refractivity contribution is 5.87. The molecule has 2 aromatic rings. The molecule has 1 atom stereocenters. The Morgan fingerprint density at radius 1 is 1.00 bits per heavy atom. The maximum atomic E-state index is 10.7. The molecule has 0 fully saturated rings. The van der Waals surface area contributed by atoms with E-state index in [0.29, 0.717) is 11.1 Å². The summed E-state index contributed by atoms with van der Waals surface area (Å²) in [7, 11) is 0. The summed E-state index contributed by atoms with van der Waals surface area (Å²) >= 11 is 0. The van der Waals surface area contributed by atoms with Gasteiger partial charge < -0.3 is 10.2 Å². The topological polar surface area (TPSA) is 101 Å². The third-order valence-corrected chi connectivity index (χ3v) is 2.89. The van der Waals surface area contributed by atoms with Crippen LogP contribution in [0.2, 0.25) is 0 Å². The van der Waals surface area contributed by atoms with Crippen LogP contribution in [0.15, 0.2) is 48.5 Å². The van der Waals surface area contributed by atoms with E-state index in [4.69, 9.17) is 5.11 Å². The Morgan fingerprint density at radius 2 is 1.45 bits per heavy atom. The van der Waals surface area contributed by atoms with Gasteiger partial charge in [0.25, 0.3) is 5.69 Å². The van der Waals surface area contributed by atoms with Crippen molar-refractivity contribution >= 4 is 11.7 Å². The molecule has 0 aliphatic heterocycles. The molecule has 0 saturated heterocycles. The summed E-state index contributed by atoms with van der Waals surface area (Å²) in [5.74, 6) is -1.04. The maximum absolute atomic E-state index is 10.7. The monoisotopic (exact) mass is 273 g/mol. The van der Waals surface area contributed by atoms with Gasteiger partial charge in [-0.25, -0.2) is 4.79 Å². The smallest absolute Gasteiger partial charge is 0.335 e. The Morgan fingerprint density at radius 3 is 1.85 bits per heavy atom. The van der Waals surface area contributed by atoms with E-state index in [-0.39, 0.29) is 11.3 Å². The van der Waals surface area contributed by atoms with Gasteiger partial charge in [-0.2, -0.15) is 0 Å². The average molecular weight is 273 g/mol. The van der Waals surface area contributed by atoms with Crippen LogP contribution in [-0.4, -0.2) is 21.1 Å². The first-order valence-corrected chi connectivity index (χ1v) is 5.74. The van der Waals surface area contributed by atoms with E-state index in [1.807, 2.05) is 0 Å². The molecule has 0 radical (unpaired) electrons. The van der Waals surface area contributed by atoms with E-state index >= 15 is 0 Å². The molecule has 0 aliphatic carbocycles. The lowest BCUT2D eigenvalue weighted by Crippen LogP contribution is -2.02. The first-order chi connectivity index (χ1) is 9.49. The highest BCUT2D eigenvalue weighted by atomic mass is 16.6. The molecule has 0 amide bonds. The molecule has 0 aromatic heterocycles. The van der Waals surface area contributed by atoms with Gasteiger partial charge in [0.2, 0.25) is 0 Å². The Kier molecular flexibility index (Phi) is 3.76. The molecular weight excluding hydrogens is 262 g/mol. The quantitative estimate of drug-likeness (QED) is 0.657. The summed E-state index contributed by atoms with van der Waals surface area (Å²) in [6.45, 7) is 0. The van der Waals surface area contributed by atoms with Crippen molar-refractivity contribution in [1.82, 2.24) is 0 Å². The van der Waals surface area contributed by atoms with E-state index in [0.717, 1.165) is 0 Å². The maximum Gasteiger partial charge on any atom is 0.335 e.